The molecule has 2 unspecified atom stereocenters. The van der Waals surface area contributed by atoms with Gasteiger partial charge in [-0.25, -0.2) is 9.88 Å². The molecule has 2 aliphatic heterocycles. The van der Waals surface area contributed by atoms with E-state index in [9.17, 15) is 14.4 Å². The molecule has 0 spiro atoms. The maximum absolute atomic E-state index is 13.6. The summed E-state index contributed by atoms with van der Waals surface area (Å²) in [6.07, 6.45) is 1.54. The predicted octanol–water partition coefficient (Wildman–Crippen LogP) is 4.47. The lowest BCUT2D eigenvalue weighted by atomic mass is 9.95. The Balaban J connectivity index is 1.21. The summed E-state index contributed by atoms with van der Waals surface area (Å²) in [6, 6.07) is 19.7. The van der Waals surface area contributed by atoms with E-state index in [2.05, 4.69) is 20.2 Å². The monoisotopic (exact) mass is 523 g/mol. The van der Waals surface area contributed by atoms with Crippen LogP contribution in [0.4, 0.5) is 11.4 Å². The minimum absolute atomic E-state index is 0.0550. The lowest BCUT2D eigenvalue weighted by molar-refractivity contribution is -0.126. The molecule has 1 aromatic heterocycles. The predicted molar refractivity (Wildman–Crippen MR) is 148 cm³/mol. The summed E-state index contributed by atoms with van der Waals surface area (Å²) < 4.78 is 5.28. The number of imidazole rings is 1. The number of carbonyl (C=O) groups is 3. The standard InChI is InChI=1S/C30H29N5O4/c1-18(27-32-23-12-3-4-13-24(23)33-27)31-28(36)19-8-7-15-34(17-19)25-14-6-11-22-26(25)30(38)35(29(22)37)20-9-5-10-21(16-20)39-2/h3-6,9-14,16,18-19H,7-8,15,17H2,1-2H3,(H,31,36)(H,32,33). The summed E-state index contributed by atoms with van der Waals surface area (Å²) in [4.78, 5) is 51.4. The van der Waals surface area contributed by atoms with E-state index in [1.54, 1.807) is 43.5 Å². The second-order valence-electron chi connectivity index (χ2n) is 10.0. The van der Waals surface area contributed by atoms with Gasteiger partial charge in [0.05, 0.1) is 52.6 Å². The van der Waals surface area contributed by atoms with Crippen molar-refractivity contribution < 1.29 is 19.1 Å². The first-order valence-corrected chi connectivity index (χ1v) is 13.1. The maximum Gasteiger partial charge on any atom is 0.268 e. The Kier molecular flexibility index (Phi) is 6.26. The van der Waals surface area contributed by atoms with Gasteiger partial charge < -0.3 is 19.9 Å². The van der Waals surface area contributed by atoms with Gasteiger partial charge in [-0.15, -0.1) is 0 Å². The zero-order valence-electron chi connectivity index (χ0n) is 21.8. The Bertz CT molecular complexity index is 1560. The van der Waals surface area contributed by atoms with E-state index < -0.39 is 0 Å². The van der Waals surface area contributed by atoms with Crippen molar-refractivity contribution in [1.29, 1.82) is 0 Å². The highest BCUT2D eigenvalue weighted by molar-refractivity contribution is 6.36. The number of hydrogen-bond acceptors (Lipinski definition) is 6. The van der Waals surface area contributed by atoms with E-state index in [0.29, 0.717) is 47.2 Å². The molecule has 0 radical (unpaired) electrons. The van der Waals surface area contributed by atoms with Crippen LogP contribution in [0, 0.1) is 5.92 Å². The number of anilines is 2. The molecular formula is C30H29N5O4. The molecule has 1 saturated heterocycles. The molecule has 3 amide bonds. The molecule has 0 bridgehead atoms. The Morgan fingerprint density at radius 3 is 2.72 bits per heavy atom. The number of imide groups is 1. The van der Waals surface area contributed by atoms with Gasteiger partial charge in [-0.2, -0.15) is 0 Å². The number of aromatic amines is 1. The van der Waals surface area contributed by atoms with Crippen molar-refractivity contribution in [3.8, 4) is 5.75 Å². The van der Waals surface area contributed by atoms with Crippen molar-refractivity contribution in [2.45, 2.75) is 25.8 Å². The minimum atomic E-state index is -0.371. The van der Waals surface area contributed by atoms with Gasteiger partial charge in [0.15, 0.2) is 0 Å². The highest BCUT2D eigenvalue weighted by Gasteiger charge is 2.40. The fourth-order valence-electron chi connectivity index (χ4n) is 5.50. The fourth-order valence-corrected chi connectivity index (χ4v) is 5.50. The molecule has 9 heteroatoms. The summed E-state index contributed by atoms with van der Waals surface area (Å²) >= 11 is 0. The number of benzene rings is 3. The number of carbonyl (C=O) groups excluding carboxylic acids is 3. The van der Waals surface area contributed by atoms with Gasteiger partial charge in [-0.05, 0) is 56.2 Å². The SMILES string of the molecule is COc1cccc(N2C(=O)c3cccc(N4CCCC(C(=O)NC(C)c5nc6ccccc6[nH]5)C4)c3C2=O)c1. The number of methoxy groups -OCH3 is 1. The van der Waals surface area contributed by atoms with E-state index in [1.165, 1.54) is 4.90 Å². The summed E-state index contributed by atoms with van der Waals surface area (Å²) in [5, 5.41) is 3.11. The van der Waals surface area contributed by atoms with Gasteiger partial charge in [0.2, 0.25) is 5.91 Å². The summed E-state index contributed by atoms with van der Waals surface area (Å²) in [5.41, 5.74) is 3.67. The van der Waals surface area contributed by atoms with E-state index in [0.717, 1.165) is 23.9 Å². The van der Waals surface area contributed by atoms with Crippen LogP contribution in [0.3, 0.4) is 0 Å². The molecule has 39 heavy (non-hydrogen) atoms. The topological polar surface area (TPSA) is 108 Å². The van der Waals surface area contributed by atoms with Crippen molar-refractivity contribution in [3.05, 3.63) is 83.7 Å². The number of aromatic nitrogens is 2. The van der Waals surface area contributed by atoms with Crippen LogP contribution in [0.1, 0.15) is 52.3 Å². The number of fused-ring (bicyclic) bond motifs is 2. The maximum atomic E-state index is 13.6. The van der Waals surface area contributed by atoms with Gasteiger partial charge in [0, 0.05) is 19.2 Å². The van der Waals surface area contributed by atoms with Crippen molar-refractivity contribution in [2.24, 2.45) is 5.92 Å². The van der Waals surface area contributed by atoms with Crippen LogP contribution in [0.5, 0.6) is 5.75 Å². The zero-order valence-corrected chi connectivity index (χ0v) is 21.8. The number of nitrogens with zero attached hydrogens (tertiary/aromatic N) is 3. The average molecular weight is 524 g/mol. The van der Waals surface area contributed by atoms with Gasteiger partial charge in [-0.1, -0.05) is 24.3 Å². The minimum Gasteiger partial charge on any atom is -0.497 e. The van der Waals surface area contributed by atoms with Crippen LogP contribution in [0.25, 0.3) is 11.0 Å². The van der Waals surface area contributed by atoms with Crippen LogP contribution >= 0.6 is 0 Å². The van der Waals surface area contributed by atoms with Crippen molar-refractivity contribution >= 4 is 40.1 Å². The number of piperidine rings is 1. The molecule has 3 heterocycles. The number of nitrogens with one attached hydrogen (secondary N) is 2. The Hall–Kier alpha value is -4.66. The molecule has 9 nitrogen and oxygen atoms in total. The third kappa shape index (κ3) is 4.39. The lowest BCUT2D eigenvalue weighted by Crippen LogP contribution is -2.44. The number of rotatable bonds is 6. The number of para-hydroxylation sites is 2. The highest BCUT2D eigenvalue weighted by Crippen LogP contribution is 2.37. The summed E-state index contributed by atoms with van der Waals surface area (Å²) in [5.74, 6) is 0.217. The van der Waals surface area contributed by atoms with Crippen molar-refractivity contribution in [3.63, 3.8) is 0 Å². The summed E-state index contributed by atoms with van der Waals surface area (Å²) in [7, 11) is 1.54. The molecule has 2 aliphatic rings. The normalized spacial score (nSPS) is 17.8. The summed E-state index contributed by atoms with van der Waals surface area (Å²) in [6.45, 7) is 3.06. The number of hydrogen-bond donors (Lipinski definition) is 2. The van der Waals surface area contributed by atoms with Gasteiger partial charge in [-0.3, -0.25) is 14.4 Å². The molecule has 0 saturated carbocycles. The second kappa shape index (κ2) is 9.90. The number of H-pyrrole nitrogens is 1. The largest absolute Gasteiger partial charge is 0.497 e. The Labute approximate surface area is 225 Å². The van der Waals surface area contributed by atoms with Crippen LogP contribution in [-0.2, 0) is 4.79 Å². The molecule has 3 aromatic carbocycles. The molecule has 6 rings (SSSR count). The van der Waals surface area contributed by atoms with Crippen LogP contribution in [0.2, 0.25) is 0 Å². The van der Waals surface area contributed by atoms with Gasteiger partial charge in [0.25, 0.3) is 11.8 Å². The van der Waals surface area contributed by atoms with E-state index in [4.69, 9.17) is 4.74 Å². The van der Waals surface area contributed by atoms with E-state index in [1.807, 2.05) is 37.3 Å². The quantitative estimate of drug-likeness (QED) is 0.361. The third-order valence-corrected chi connectivity index (χ3v) is 7.51. The first-order chi connectivity index (χ1) is 18.9. The molecule has 2 atom stereocenters. The first-order valence-electron chi connectivity index (χ1n) is 13.1. The average Bonchev–Trinajstić information content (AvgIpc) is 3.52. The highest BCUT2D eigenvalue weighted by atomic mass is 16.5. The zero-order chi connectivity index (χ0) is 27.1. The molecule has 0 aliphatic carbocycles. The Morgan fingerprint density at radius 1 is 1.08 bits per heavy atom. The second-order valence-corrected chi connectivity index (χ2v) is 10.0. The van der Waals surface area contributed by atoms with Gasteiger partial charge >= 0.3 is 0 Å². The molecule has 1 fully saturated rings. The lowest BCUT2D eigenvalue weighted by Gasteiger charge is -2.35. The van der Waals surface area contributed by atoms with Crippen LogP contribution < -0.4 is 19.9 Å². The van der Waals surface area contributed by atoms with Crippen LogP contribution in [-0.4, -0.2) is 47.9 Å². The van der Waals surface area contributed by atoms with Crippen molar-refractivity contribution in [1.82, 2.24) is 15.3 Å². The molecule has 4 aromatic rings. The Morgan fingerprint density at radius 2 is 1.90 bits per heavy atom. The van der Waals surface area contributed by atoms with Crippen molar-refractivity contribution in [2.75, 3.05) is 30.0 Å². The fraction of sp³-hybridized carbons (Fsp3) is 0.267. The van der Waals surface area contributed by atoms with Gasteiger partial charge in [0.1, 0.15) is 11.6 Å². The molecule has 198 valence electrons. The number of amides is 3. The molecule has 2 N–H and O–H groups in total. The smallest absolute Gasteiger partial charge is 0.268 e. The van der Waals surface area contributed by atoms with E-state index in [-0.39, 0.29) is 29.7 Å². The number of ether oxygens (including phenoxy) is 1. The van der Waals surface area contributed by atoms with E-state index >= 15 is 0 Å². The molecular weight excluding hydrogens is 494 g/mol. The third-order valence-electron chi connectivity index (χ3n) is 7.51. The van der Waals surface area contributed by atoms with Crippen LogP contribution in [0.15, 0.2) is 66.7 Å². The first kappa shape index (κ1) is 24.7.